The summed E-state index contributed by atoms with van der Waals surface area (Å²) < 4.78 is 0. The second-order valence-corrected chi connectivity index (χ2v) is 8.13. The van der Waals surface area contributed by atoms with Crippen LogP contribution in [0.25, 0.3) is 0 Å². The lowest BCUT2D eigenvalue weighted by Gasteiger charge is -2.37. The van der Waals surface area contributed by atoms with Crippen molar-refractivity contribution in [2.75, 3.05) is 19.6 Å². The van der Waals surface area contributed by atoms with Crippen molar-refractivity contribution in [2.24, 2.45) is 22.5 Å². The predicted molar refractivity (Wildman–Crippen MR) is 83.3 cm³/mol. The first-order valence-corrected chi connectivity index (χ1v) is 8.34. The molecule has 0 aromatic heterocycles. The van der Waals surface area contributed by atoms with Gasteiger partial charge in [0, 0.05) is 19.5 Å². The molecule has 2 N–H and O–H groups in total. The minimum Gasteiger partial charge on any atom is -0.342 e. The van der Waals surface area contributed by atoms with E-state index in [0.29, 0.717) is 30.2 Å². The standard InChI is InChI=1S/C17H32N2O/c1-16(2,3)14-7-10-19(12-14)15(20)11-17(13-18)8-5-4-6-9-17/h14H,4-13,18H2,1-3H3. The molecule has 1 saturated heterocycles. The first kappa shape index (κ1) is 15.8. The average Bonchev–Trinajstić information content (AvgIpc) is 2.89. The molecule has 0 spiro atoms. The molecule has 0 bridgehead atoms. The van der Waals surface area contributed by atoms with Crippen LogP contribution >= 0.6 is 0 Å². The Hall–Kier alpha value is -0.570. The molecule has 1 aliphatic heterocycles. The van der Waals surface area contributed by atoms with E-state index in [-0.39, 0.29) is 5.41 Å². The van der Waals surface area contributed by atoms with Crippen LogP contribution in [0.15, 0.2) is 0 Å². The molecule has 1 heterocycles. The largest absolute Gasteiger partial charge is 0.342 e. The Balaban J connectivity index is 1.92. The highest BCUT2D eigenvalue weighted by Gasteiger charge is 2.38. The maximum Gasteiger partial charge on any atom is 0.223 e. The van der Waals surface area contributed by atoms with Gasteiger partial charge in [0.25, 0.3) is 0 Å². The molecule has 0 radical (unpaired) electrons. The molecular weight excluding hydrogens is 248 g/mol. The first-order chi connectivity index (χ1) is 9.36. The van der Waals surface area contributed by atoms with Crippen LogP contribution in [0.5, 0.6) is 0 Å². The zero-order valence-corrected chi connectivity index (χ0v) is 13.6. The smallest absolute Gasteiger partial charge is 0.223 e. The molecule has 2 fully saturated rings. The Bertz CT molecular complexity index is 339. The van der Waals surface area contributed by atoms with Gasteiger partial charge in [-0.15, -0.1) is 0 Å². The van der Waals surface area contributed by atoms with Crippen molar-refractivity contribution in [3.05, 3.63) is 0 Å². The highest BCUT2D eigenvalue weighted by Crippen LogP contribution is 2.40. The topological polar surface area (TPSA) is 46.3 Å². The highest BCUT2D eigenvalue weighted by molar-refractivity contribution is 5.77. The third kappa shape index (κ3) is 3.55. The molecule has 1 amide bonds. The Morgan fingerprint density at radius 1 is 1.25 bits per heavy atom. The van der Waals surface area contributed by atoms with E-state index in [9.17, 15) is 4.79 Å². The lowest BCUT2D eigenvalue weighted by Crippen LogP contribution is -2.40. The number of rotatable bonds is 3. The minimum atomic E-state index is 0.106. The molecule has 3 nitrogen and oxygen atoms in total. The van der Waals surface area contributed by atoms with E-state index in [1.165, 1.54) is 19.3 Å². The molecule has 20 heavy (non-hydrogen) atoms. The van der Waals surface area contributed by atoms with Gasteiger partial charge < -0.3 is 10.6 Å². The number of nitrogens with two attached hydrogens (primary N) is 1. The van der Waals surface area contributed by atoms with Crippen molar-refractivity contribution < 1.29 is 4.79 Å². The summed E-state index contributed by atoms with van der Waals surface area (Å²) in [4.78, 5) is 14.7. The quantitative estimate of drug-likeness (QED) is 0.863. The van der Waals surface area contributed by atoms with Crippen LogP contribution in [0.2, 0.25) is 0 Å². The Kier molecular flexibility index (Phi) is 4.78. The maximum atomic E-state index is 12.6. The fraction of sp³-hybridized carbons (Fsp3) is 0.941. The third-order valence-electron chi connectivity index (χ3n) is 5.64. The molecule has 1 atom stereocenters. The van der Waals surface area contributed by atoms with Gasteiger partial charge in [0.05, 0.1) is 0 Å². The van der Waals surface area contributed by atoms with E-state index in [4.69, 9.17) is 5.73 Å². The predicted octanol–water partition coefficient (Wildman–Crippen LogP) is 3.18. The zero-order chi connectivity index (χ0) is 14.8. The molecule has 0 aromatic carbocycles. The van der Waals surface area contributed by atoms with Crippen LogP contribution in [0.1, 0.15) is 65.7 Å². The second kappa shape index (κ2) is 6.05. The van der Waals surface area contributed by atoms with Gasteiger partial charge >= 0.3 is 0 Å². The van der Waals surface area contributed by atoms with Crippen LogP contribution in [-0.2, 0) is 4.79 Å². The monoisotopic (exact) mass is 280 g/mol. The normalized spacial score (nSPS) is 26.8. The molecule has 2 rings (SSSR count). The van der Waals surface area contributed by atoms with E-state index in [1.807, 2.05) is 0 Å². The molecule has 1 unspecified atom stereocenters. The number of hydrogen-bond donors (Lipinski definition) is 1. The van der Waals surface area contributed by atoms with Gasteiger partial charge in [0.2, 0.25) is 5.91 Å². The van der Waals surface area contributed by atoms with Gasteiger partial charge in [-0.05, 0) is 42.6 Å². The van der Waals surface area contributed by atoms with Crippen molar-refractivity contribution in [1.29, 1.82) is 0 Å². The Labute approximate surface area is 124 Å². The zero-order valence-electron chi connectivity index (χ0n) is 13.6. The number of carbonyl (C=O) groups is 1. The molecule has 0 aromatic rings. The number of likely N-dealkylation sites (tertiary alicyclic amines) is 1. The van der Waals surface area contributed by atoms with Gasteiger partial charge in [-0.3, -0.25) is 4.79 Å². The number of amides is 1. The summed E-state index contributed by atoms with van der Waals surface area (Å²) in [7, 11) is 0. The Morgan fingerprint density at radius 3 is 2.40 bits per heavy atom. The van der Waals surface area contributed by atoms with Crippen molar-refractivity contribution in [2.45, 2.75) is 65.7 Å². The summed E-state index contributed by atoms with van der Waals surface area (Å²) in [5.41, 5.74) is 6.43. The SMILES string of the molecule is CC(C)(C)C1CCN(C(=O)CC2(CN)CCCCC2)C1. The molecule has 2 aliphatic rings. The van der Waals surface area contributed by atoms with Gasteiger partial charge in [-0.1, -0.05) is 40.0 Å². The van der Waals surface area contributed by atoms with Crippen molar-refractivity contribution in [3.8, 4) is 0 Å². The van der Waals surface area contributed by atoms with E-state index in [0.717, 1.165) is 32.4 Å². The summed E-state index contributed by atoms with van der Waals surface area (Å²) in [6.07, 6.45) is 7.93. The van der Waals surface area contributed by atoms with Crippen LogP contribution in [0.4, 0.5) is 0 Å². The van der Waals surface area contributed by atoms with E-state index in [1.54, 1.807) is 0 Å². The lowest BCUT2D eigenvalue weighted by atomic mass is 9.71. The van der Waals surface area contributed by atoms with E-state index in [2.05, 4.69) is 25.7 Å². The van der Waals surface area contributed by atoms with Crippen molar-refractivity contribution in [1.82, 2.24) is 4.90 Å². The summed E-state index contributed by atoms with van der Waals surface area (Å²) >= 11 is 0. The first-order valence-electron chi connectivity index (χ1n) is 8.34. The van der Waals surface area contributed by atoms with Crippen LogP contribution in [0.3, 0.4) is 0 Å². The minimum absolute atomic E-state index is 0.106. The van der Waals surface area contributed by atoms with Gasteiger partial charge in [-0.25, -0.2) is 0 Å². The highest BCUT2D eigenvalue weighted by atomic mass is 16.2. The Morgan fingerprint density at radius 2 is 1.90 bits per heavy atom. The summed E-state index contributed by atoms with van der Waals surface area (Å²) in [5, 5.41) is 0. The average molecular weight is 280 g/mol. The fourth-order valence-electron chi connectivity index (χ4n) is 3.88. The summed E-state index contributed by atoms with van der Waals surface area (Å²) in [6, 6.07) is 0. The third-order valence-corrected chi connectivity index (χ3v) is 5.64. The van der Waals surface area contributed by atoms with Crippen LogP contribution < -0.4 is 5.73 Å². The molecule has 1 saturated carbocycles. The van der Waals surface area contributed by atoms with Crippen LogP contribution in [0, 0.1) is 16.7 Å². The lowest BCUT2D eigenvalue weighted by molar-refractivity contribution is -0.133. The molecule has 1 aliphatic carbocycles. The molecular formula is C17H32N2O. The van der Waals surface area contributed by atoms with Crippen molar-refractivity contribution >= 4 is 5.91 Å². The van der Waals surface area contributed by atoms with Crippen molar-refractivity contribution in [3.63, 3.8) is 0 Å². The summed E-state index contributed by atoms with van der Waals surface area (Å²) in [6.45, 7) is 9.43. The van der Waals surface area contributed by atoms with E-state index < -0.39 is 0 Å². The fourth-order valence-corrected chi connectivity index (χ4v) is 3.88. The number of carbonyl (C=O) groups excluding carboxylic acids is 1. The number of hydrogen-bond acceptors (Lipinski definition) is 2. The van der Waals surface area contributed by atoms with E-state index >= 15 is 0 Å². The van der Waals surface area contributed by atoms with Crippen LogP contribution in [-0.4, -0.2) is 30.4 Å². The maximum absolute atomic E-state index is 12.6. The molecule has 116 valence electrons. The second-order valence-electron chi connectivity index (χ2n) is 8.13. The van der Waals surface area contributed by atoms with Gasteiger partial charge in [0.1, 0.15) is 0 Å². The number of nitrogens with zero attached hydrogens (tertiary/aromatic N) is 1. The van der Waals surface area contributed by atoms with Gasteiger partial charge in [0.15, 0.2) is 0 Å². The summed E-state index contributed by atoms with van der Waals surface area (Å²) in [5.74, 6) is 0.996. The van der Waals surface area contributed by atoms with Gasteiger partial charge in [-0.2, -0.15) is 0 Å². The molecule has 3 heteroatoms.